The molecule has 1 amide bonds. The van der Waals surface area contributed by atoms with Crippen LogP contribution in [0, 0.1) is 5.92 Å². The van der Waals surface area contributed by atoms with Gasteiger partial charge in [0.15, 0.2) is 0 Å². The Morgan fingerprint density at radius 2 is 1.93 bits per heavy atom. The number of hydrogen-bond acceptors (Lipinski definition) is 10. The zero-order valence-corrected chi connectivity index (χ0v) is 24.2. The summed E-state index contributed by atoms with van der Waals surface area (Å²) >= 11 is 0. The van der Waals surface area contributed by atoms with E-state index < -0.39 is 36.5 Å². The number of carboxylic acids is 1. The van der Waals surface area contributed by atoms with E-state index >= 15 is 4.39 Å². The smallest absolute Gasteiger partial charge is 0.416 e. The highest BCUT2D eigenvalue weighted by Crippen LogP contribution is 2.36. The molecule has 2 atom stereocenters. The van der Waals surface area contributed by atoms with E-state index in [2.05, 4.69) is 38.1 Å². The molecule has 0 spiro atoms. The standard InChI is InChI=1S/C28H39FN6O6/c1-7-19(13-31-4)21(22(8-2)35-12-11-20-15-33(5)16-23(20)35)14-32-27(29)26(30)18(3)34(6)28(39)41-17-40-25(38)10-9-24(36)37/h7,9-10,13-14,20,23H,3,8,11-12,15-17,30H2,1-2,4-6H3,(H,36,37)/b10-9+,19-7+,22-21?,27-26?,31-13?,32-14?/t20-,23+/m0/s1. The van der Waals surface area contributed by atoms with Crippen molar-refractivity contribution in [3.8, 4) is 0 Å². The van der Waals surface area contributed by atoms with Crippen molar-refractivity contribution in [1.29, 1.82) is 0 Å². The number of carboxylic acid groups (broad SMARTS) is 1. The number of carbonyl (C=O) groups excluding carboxylic acids is 2. The van der Waals surface area contributed by atoms with E-state index in [0.717, 1.165) is 47.8 Å². The first kappa shape index (κ1) is 32.9. The predicted octanol–water partition coefficient (Wildman–Crippen LogP) is 2.83. The van der Waals surface area contributed by atoms with E-state index in [-0.39, 0.29) is 5.70 Å². The van der Waals surface area contributed by atoms with Gasteiger partial charge in [-0.05, 0) is 38.3 Å². The van der Waals surface area contributed by atoms with Gasteiger partial charge in [0, 0.05) is 75.6 Å². The molecule has 3 N–H and O–H groups in total. The number of likely N-dealkylation sites (N-methyl/N-ethyl adjacent to an activating group) is 2. The molecular weight excluding hydrogens is 535 g/mol. The summed E-state index contributed by atoms with van der Waals surface area (Å²) in [5.74, 6) is -2.86. The third kappa shape index (κ3) is 8.87. The third-order valence-corrected chi connectivity index (χ3v) is 6.88. The molecule has 2 saturated heterocycles. The summed E-state index contributed by atoms with van der Waals surface area (Å²) in [6.07, 6.45) is 6.96. The molecule has 41 heavy (non-hydrogen) atoms. The number of allylic oxidation sites excluding steroid dienone is 4. The van der Waals surface area contributed by atoms with Crippen LogP contribution in [0.3, 0.4) is 0 Å². The minimum Gasteiger partial charge on any atom is -0.478 e. The number of fused-ring (bicyclic) bond motifs is 1. The number of hydrogen-bond donors (Lipinski definition) is 2. The summed E-state index contributed by atoms with van der Waals surface area (Å²) in [6, 6.07) is 0.368. The van der Waals surface area contributed by atoms with Gasteiger partial charge in [0.25, 0.3) is 0 Å². The second kappa shape index (κ2) is 15.5. The van der Waals surface area contributed by atoms with Crippen LogP contribution in [0.1, 0.15) is 26.7 Å². The van der Waals surface area contributed by atoms with Crippen molar-refractivity contribution in [3.05, 3.63) is 59.0 Å². The highest BCUT2D eigenvalue weighted by Gasteiger charge is 2.41. The molecule has 2 aliphatic heterocycles. The van der Waals surface area contributed by atoms with Gasteiger partial charge in [-0.2, -0.15) is 4.39 Å². The van der Waals surface area contributed by atoms with Crippen LogP contribution in [0.25, 0.3) is 0 Å². The summed E-state index contributed by atoms with van der Waals surface area (Å²) in [5.41, 5.74) is 7.73. The first-order valence-electron chi connectivity index (χ1n) is 13.1. The van der Waals surface area contributed by atoms with Crippen molar-refractivity contribution < 1.29 is 33.4 Å². The van der Waals surface area contributed by atoms with Gasteiger partial charge in [0.2, 0.25) is 12.7 Å². The Hall–Kier alpha value is -4.26. The molecule has 0 aromatic carbocycles. The molecule has 0 unspecified atom stereocenters. The maximum absolute atomic E-state index is 15.2. The van der Waals surface area contributed by atoms with Gasteiger partial charge in [-0.1, -0.05) is 19.6 Å². The Bertz CT molecular complexity index is 1200. The molecule has 0 radical (unpaired) electrons. The van der Waals surface area contributed by atoms with Crippen molar-refractivity contribution in [1.82, 2.24) is 14.7 Å². The van der Waals surface area contributed by atoms with E-state index in [1.165, 1.54) is 13.3 Å². The van der Waals surface area contributed by atoms with Crippen LogP contribution in [0.5, 0.6) is 0 Å². The normalized spacial score (nSPS) is 20.8. The summed E-state index contributed by atoms with van der Waals surface area (Å²) in [4.78, 5) is 47.8. The number of nitrogens with zero attached hydrogens (tertiary/aromatic N) is 5. The molecule has 0 aliphatic carbocycles. The fraction of sp³-hybridized carbons (Fsp3) is 0.464. The van der Waals surface area contributed by atoms with Crippen LogP contribution in [0.2, 0.25) is 0 Å². The third-order valence-electron chi connectivity index (χ3n) is 6.88. The number of carbonyl (C=O) groups is 3. The topological polar surface area (TPSA) is 150 Å². The fourth-order valence-corrected chi connectivity index (χ4v) is 4.83. The second-order valence-corrected chi connectivity index (χ2v) is 9.51. The number of nitrogens with two attached hydrogens (primary N) is 1. The van der Waals surface area contributed by atoms with E-state index in [1.54, 1.807) is 13.3 Å². The Morgan fingerprint density at radius 1 is 1.22 bits per heavy atom. The van der Waals surface area contributed by atoms with E-state index in [9.17, 15) is 14.4 Å². The summed E-state index contributed by atoms with van der Waals surface area (Å²) in [6.45, 7) is 9.65. The van der Waals surface area contributed by atoms with Crippen LogP contribution in [-0.4, -0.2) is 104 Å². The lowest BCUT2D eigenvalue weighted by Crippen LogP contribution is -2.34. The summed E-state index contributed by atoms with van der Waals surface area (Å²) in [7, 11) is 5.01. The highest BCUT2D eigenvalue weighted by molar-refractivity contribution is 5.99. The average molecular weight is 575 g/mol. The Labute approximate surface area is 239 Å². The Balaban J connectivity index is 2.24. The monoisotopic (exact) mass is 574 g/mol. The van der Waals surface area contributed by atoms with Gasteiger partial charge in [0.1, 0.15) is 5.70 Å². The number of aliphatic carboxylic acids is 1. The SMILES string of the molecule is C=C(C(N)=C(F)N=CC(=C(CC)N1CC[C@H]2CN(C)C[C@H]21)/C(C=NC)=C/C)N(C)C(=O)OCOC(=O)/C=C/C(=O)O. The maximum Gasteiger partial charge on any atom is 0.416 e. The molecule has 2 rings (SSSR count). The summed E-state index contributed by atoms with van der Waals surface area (Å²) in [5, 5.41) is 8.50. The molecule has 224 valence electrons. The molecule has 0 aromatic heterocycles. The highest BCUT2D eigenvalue weighted by atomic mass is 19.1. The minimum atomic E-state index is -1.35. The average Bonchev–Trinajstić information content (AvgIpc) is 3.50. The van der Waals surface area contributed by atoms with Crippen molar-refractivity contribution in [2.75, 3.05) is 47.6 Å². The van der Waals surface area contributed by atoms with Crippen molar-refractivity contribution >= 4 is 30.5 Å². The quantitative estimate of drug-likeness (QED) is 0.0896. The molecule has 2 aliphatic rings. The number of esters is 1. The first-order chi connectivity index (χ1) is 19.4. The van der Waals surface area contributed by atoms with Gasteiger partial charge in [-0.3, -0.25) is 9.89 Å². The van der Waals surface area contributed by atoms with Crippen LogP contribution in [0.4, 0.5) is 9.18 Å². The maximum atomic E-state index is 15.2. The van der Waals surface area contributed by atoms with E-state index in [0.29, 0.717) is 30.5 Å². The van der Waals surface area contributed by atoms with Crippen molar-refractivity contribution in [2.24, 2.45) is 21.6 Å². The molecule has 0 aromatic rings. The number of rotatable bonds is 12. The van der Waals surface area contributed by atoms with E-state index in [4.69, 9.17) is 15.6 Å². The number of aliphatic imine (C=N–C) groups is 2. The van der Waals surface area contributed by atoms with Crippen LogP contribution >= 0.6 is 0 Å². The molecule has 13 heteroatoms. The lowest BCUT2D eigenvalue weighted by atomic mass is 10.0. The molecule has 0 saturated carbocycles. The largest absolute Gasteiger partial charge is 0.478 e. The van der Waals surface area contributed by atoms with Crippen molar-refractivity contribution in [3.63, 3.8) is 0 Å². The Morgan fingerprint density at radius 3 is 2.54 bits per heavy atom. The van der Waals surface area contributed by atoms with Gasteiger partial charge in [-0.25, -0.2) is 19.4 Å². The van der Waals surface area contributed by atoms with E-state index in [1.807, 2.05) is 19.9 Å². The number of likely N-dealkylation sites (tertiary alicyclic amines) is 2. The lowest BCUT2D eigenvalue weighted by molar-refractivity contribution is -0.146. The zero-order chi connectivity index (χ0) is 30.7. The summed E-state index contributed by atoms with van der Waals surface area (Å²) < 4.78 is 24.5. The molecule has 0 bridgehead atoms. The lowest BCUT2D eigenvalue weighted by Gasteiger charge is -2.30. The molecule has 12 nitrogen and oxygen atoms in total. The first-order valence-corrected chi connectivity index (χ1v) is 13.1. The van der Waals surface area contributed by atoms with Gasteiger partial charge < -0.3 is 30.1 Å². The second-order valence-electron chi connectivity index (χ2n) is 9.51. The fourth-order valence-electron chi connectivity index (χ4n) is 4.83. The zero-order valence-electron chi connectivity index (χ0n) is 24.2. The van der Waals surface area contributed by atoms with Crippen LogP contribution < -0.4 is 5.73 Å². The molecule has 2 fully saturated rings. The predicted molar refractivity (Wildman–Crippen MR) is 154 cm³/mol. The van der Waals surface area contributed by atoms with Crippen molar-refractivity contribution in [2.45, 2.75) is 32.7 Å². The number of halogens is 1. The van der Waals surface area contributed by atoms with Gasteiger partial charge in [-0.15, -0.1) is 0 Å². The van der Waals surface area contributed by atoms with Gasteiger partial charge >= 0.3 is 18.0 Å². The Kier molecular flexibility index (Phi) is 12.5. The number of amides is 1. The molecular formula is C28H39FN6O6. The van der Waals surface area contributed by atoms with Crippen LogP contribution in [0.15, 0.2) is 69.0 Å². The van der Waals surface area contributed by atoms with Crippen LogP contribution in [-0.2, 0) is 19.1 Å². The van der Waals surface area contributed by atoms with Gasteiger partial charge in [0.05, 0.1) is 5.70 Å². The molecule has 2 heterocycles. The number of ether oxygens (including phenoxy) is 2. The minimum absolute atomic E-state index is 0.235.